The molecule has 0 rings (SSSR count). The van der Waals surface area contributed by atoms with Gasteiger partial charge in [-0.15, -0.1) is 0 Å². The number of carbonyl (C=O) groups excluding carboxylic acids is 6. The first-order chi connectivity index (χ1) is 16.6. The average molecular weight is 769 g/mol. The van der Waals surface area contributed by atoms with Gasteiger partial charge in [0.15, 0.2) is 19.3 Å². The van der Waals surface area contributed by atoms with Crippen molar-refractivity contribution in [1.29, 1.82) is 0 Å². The molecule has 0 aliphatic rings. The van der Waals surface area contributed by atoms with Gasteiger partial charge in [0, 0.05) is 35.6 Å². The molecule has 231 valence electrons. The molecular weight excluding hydrogens is 757 g/mol. The quantitative estimate of drug-likeness (QED) is 0.210. The second-order valence-corrected chi connectivity index (χ2v) is 6.20. The van der Waals surface area contributed by atoms with E-state index >= 15 is 0 Å². The largest absolute Gasteiger partial charge is 0.505 e. The third-order valence-electron chi connectivity index (χ3n) is 2.97. The maximum absolute atomic E-state index is 11.4. The second kappa shape index (κ2) is 15.8. The molecule has 0 atom stereocenters. The van der Waals surface area contributed by atoms with Gasteiger partial charge in [-0.05, 0) is 0 Å². The summed E-state index contributed by atoms with van der Waals surface area (Å²) in [5.74, 6) is -14.3. The van der Waals surface area contributed by atoms with Crippen LogP contribution in [0.2, 0.25) is 0 Å². The molecular formula is C15H12F18LaO6+6. The van der Waals surface area contributed by atoms with Gasteiger partial charge in [0.05, 0.1) is 0 Å². The summed E-state index contributed by atoms with van der Waals surface area (Å²) in [4.78, 5) is 48.2. The van der Waals surface area contributed by atoms with Crippen LogP contribution in [0.5, 0.6) is 0 Å². The monoisotopic (exact) mass is 769 g/mol. The summed E-state index contributed by atoms with van der Waals surface area (Å²) in [6, 6.07) is 0. The molecule has 40 heavy (non-hydrogen) atoms. The van der Waals surface area contributed by atoms with Gasteiger partial charge in [0.25, 0.3) is 0 Å². The summed E-state index contributed by atoms with van der Waals surface area (Å²) in [6.45, 7) is 0. The van der Waals surface area contributed by atoms with E-state index in [-0.39, 0.29) is 35.6 Å². The van der Waals surface area contributed by atoms with Crippen LogP contribution in [0.1, 0.15) is 19.3 Å². The Morgan fingerprint density at radius 2 is 0.350 bits per heavy atom. The van der Waals surface area contributed by atoms with Gasteiger partial charge in [-0.2, -0.15) is 79.0 Å². The van der Waals surface area contributed by atoms with Crippen LogP contribution in [0.15, 0.2) is 0 Å². The predicted molar refractivity (Wildman–Crippen MR) is 91.8 cm³/mol. The zero-order valence-electron chi connectivity index (χ0n) is 18.2. The number of halogens is 18. The molecule has 0 aromatic rings. The normalized spacial score (nSPS) is 12.4. The fraction of sp³-hybridized carbons (Fsp3) is 0.600. The van der Waals surface area contributed by atoms with E-state index in [4.69, 9.17) is 28.8 Å². The average Bonchev–Trinajstić information content (AvgIpc) is 2.64. The molecule has 0 saturated heterocycles. The smallest absolute Gasteiger partial charge is 0.273 e. The fourth-order valence-corrected chi connectivity index (χ4v) is 1.08. The fourth-order valence-electron chi connectivity index (χ4n) is 1.08. The maximum Gasteiger partial charge on any atom is 0.505 e. The first-order valence-corrected chi connectivity index (χ1v) is 8.36. The Hall–Kier alpha value is -2.05. The summed E-state index contributed by atoms with van der Waals surface area (Å²) in [5.41, 5.74) is 0. The van der Waals surface area contributed by atoms with Crippen molar-refractivity contribution in [3.05, 3.63) is 0 Å². The molecule has 0 aliphatic carbocycles. The van der Waals surface area contributed by atoms with E-state index in [1.54, 1.807) is 0 Å². The molecule has 25 heteroatoms. The summed E-state index contributed by atoms with van der Waals surface area (Å²) >= 11 is 0. The Kier molecular flexibility index (Phi) is 17.8. The van der Waals surface area contributed by atoms with Crippen molar-refractivity contribution in [2.45, 2.75) is 56.3 Å². The molecule has 0 fully saturated rings. The molecule has 0 bridgehead atoms. The van der Waals surface area contributed by atoms with Crippen molar-refractivity contribution in [2.75, 3.05) is 0 Å². The first-order valence-electron chi connectivity index (χ1n) is 8.36. The van der Waals surface area contributed by atoms with Crippen molar-refractivity contribution in [2.24, 2.45) is 0 Å². The molecule has 0 saturated carbocycles. The zero-order valence-corrected chi connectivity index (χ0v) is 21.8. The van der Waals surface area contributed by atoms with Crippen LogP contribution in [0.3, 0.4) is 0 Å². The molecule has 0 amide bonds. The van der Waals surface area contributed by atoms with Crippen LogP contribution in [0.25, 0.3) is 0 Å². The molecule has 0 unspecified atom stereocenters. The molecule has 6 N–H and O–H groups in total. The van der Waals surface area contributed by atoms with Crippen molar-refractivity contribution >= 4 is 34.7 Å². The van der Waals surface area contributed by atoms with Gasteiger partial charge in [-0.1, -0.05) is 0 Å². The third-order valence-corrected chi connectivity index (χ3v) is 2.97. The van der Waals surface area contributed by atoms with E-state index in [9.17, 15) is 79.0 Å². The minimum absolute atomic E-state index is 0. The number of alkyl halides is 18. The SMILES string of the molecule is [La].[OH+]=C(CC(=[OH+])C(F)(F)F)C(F)(F)F.[OH+]=C(CC(=[OH+])C(F)(F)F)C(F)(F)F.[OH+]=C(CC(=[OH+])C(F)(F)F)C(F)(F)F. The molecule has 1 radical (unpaired) electrons. The first kappa shape index (κ1) is 45.0. The van der Waals surface area contributed by atoms with E-state index in [0.29, 0.717) is 0 Å². The Labute approximate surface area is 234 Å². The Bertz CT molecular complexity index is 726. The van der Waals surface area contributed by atoms with E-state index in [0.717, 1.165) is 0 Å². The van der Waals surface area contributed by atoms with E-state index in [1.807, 2.05) is 0 Å². The van der Waals surface area contributed by atoms with E-state index in [1.165, 1.54) is 0 Å². The topological polar surface area (TPSA) is 128 Å². The summed E-state index contributed by atoms with van der Waals surface area (Å²) < 4.78 is 206. The third kappa shape index (κ3) is 20.8. The number of hydrogen-bond donors (Lipinski definition) is 0. The van der Waals surface area contributed by atoms with E-state index < -0.39 is 91.0 Å². The number of rotatable bonds is 6. The van der Waals surface area contributed by atoms with Crippen molar-refractivity contribution < 1.29 is 143 Å². The summed E-state index contributed by atoms with van der Waals surface area (Å²) in [6.07, 6.45) is -37.4. The van der Waals surface area contributed by atoms with Crippen molar-refractivity contribution in [3.63, 3.8) is 0 Å². The second-order valence-electron chi connectivity index (χ2n) is 6.20. The maximum atomic E-state index is 11.4. The van der Waals surface area contributed by atoms with Gasteiger partial charge < -0.3 is 0 Å². The van der Waals surface area contributed by atoms with Crippen LogP contribution in [-0.4, -0.2) is 101 Å². The molecule has 0 aliphatic heterocycles. The molecule has 0 aromatic heterocycles. The van der Waals surface area contributed by atoms with Gasteiger partial charge >= 0.3 is 71.8 Å². The minimum atomic E-state index is -5.25. The van der Waals surface area contributed by atoms with Crippen molar-refractivity contribution in [1.82, 2.24) is 0 Å². The predicted octanol–water partition coefficient (Wildman–Crippen LogP) is 4.77. The summed E-state index contributed by atoms with van der Waals surface area (Å²) in [7, 11) is 0. The van der Waals surface area contributed by atoms with E-state index in [2.05, 4.69) is 0 Å². The van der Waals surface area contributed by atoms with Crippen LogP contribution < -0.4 is 0 Å². The summed E-state index contributed by atoms with van der Waals surface area (Å²) in [5, 5.41) is 0. The zero-order chi connectivity index (χ0) is 32.6. The Morgan fingerprint density at radius 3 is 0.400 bits per heavy atom. The van der Waals surface area contributed by atoms with Crippen LogP contribution in [0, 0.1) is 35.6 Å². The van der Waals surface area contributed by atoms with Gasteiger partial charge in [-0.3, -0.25) is 28.8 Å². The molecule has 0 spiro atoms. The van der Waals surface area contributed by atoms with Gasteiger partial charge in [0.1, 0.15) is 0 Å². The Balaban J connectivity index is -0.000000240. The van der Waals surface area contributed by atoms with Crippen LogP contribution in [0.4, 0.5) is 79.0 Å². The van der Waals surface area contributed by atoms with Gasteiger partial charge in [0.2, 0.25) is 0 Å². The minimum Gasteiger partial charge on any atom is -0.273 e. The molecule has 0 heterocycles. The van der Waals surface area contributed by atoms with Crippen LogP contribution >= 0.6 is 0 Å². The number of hydrogen-bond acceptors (Lipinski definition) is 0. The standard InChI is InChI=1S/3C5H2F6O2.La/c3*6-4(7,8)2(12)1-3(13)5(9,10)11;/h3*1H2;/p+6. The van der Waals surface area contributed by atoms with Gasteiger partial charge in [-0.25, -0.2) is 0 Å². The molecule has 6 nitrogen and oxygen atoms in total. The van der Waals surface area contributed by atoms with Crippen LogP contribution in [-0.2, 0) is 0 Å². The van der Waals surface area contributed by atoms with Crippen molar-refractivity contribution in [3.8, 4) is 0 Å². The Morgan fingerprint density at radius 1 is 0.275 bits per heavy atom. The molecule has 0 aromatic carbocycles. The number of ketones is 6.